The zero-order valence-corrected chi connectivity index (χ0v) is 21.5. The SMILES string of the molecule is COc1ccc(-c2nc3ccccc3c(=O)n2Cc2ccccc2)cc1CCc1ccc(NC(C)=O)cc1. The summed E-state index contributed by atoms with van der Waals surface area (Å²) in [5, 5.41) is 3.40. The molecule has 38 heavy (non-hydrogen) atoms. The minimum atomic E-state index is -0.0904. The number of nitrogens with one attached hydrogen (secondary N) is 1. The van der Waals surface area contributed by atoms with Gasteiger partial charge in [0.25, 0.3) is 5.56 Å². The van der Waals surface area contributed by atoms with Crippen LogP contribution in [0.3, 0.4) is 0 Å². The van der Waals surface area contributed by atoms with Crippen molar-refractivity contribution in [1.29, 1.82) is 0 Å². The van der Waals surface area contributed by atoms with Crippen LogP contribution in [0.1, 0.15) is 23.6 Å². The quantitative estimate of drug-likeness (QED) is 0.288. The molecule has 1 N–H and O–H groups in total. The Balaban J connectivity index is 1.51. The molecule has 0 aliphatic rings. The van der Waals surface area contributed by atoms with Crippen LogP contribution in [0.25, 0.3) is 22.3 Å². The molecular weight excluding hydrogens is 474 g/mol. The molecular formula is C32H29N3O3. The van der Waals surface area contributed by atoms with E-state index in [1.54, 1.807) is 11.7 Å². The Kier molecular flexibility index (Phi) is 7.31. The zero-order valence-electron chi connectivity index (χ0n) is 21.5. The third-order valence-electron chi connectivity index (χ3n) is 6.54. The average Bonchev–Trinajstić information content (AvgIpc) is 2.94. The fourth-order valence-electron chi connectivity index (χ4n) is 4.65. The van der Waals surface area contributed by atoms with Crippen LogP contribution in [-0.4, -0.2) is 22.6 Å². The number of anilines is 1. The molecule has 0 fully saturated rings. The van der Waals surface area contributed by atoms with E-state index in [2.05, 4.69) is 11.4 Å². The number of ether oxygens (including phenoxy) is 1. The van der Waals surface area contributed by atoms with Gasteiger partial charge >= 0.3 is 0 Å². The van der Waals surface area contributed by atoms with Crippen molar-refractivity contribution < 1.29 is 9.53 Å². The Morgan fingerprint density at radius 2 is 1.61 bits per heavy atom. The number of rotatable bonds is 8. The number of fused-ring (bicyclic) bond motifs is 1. The van der Waals surface area contributed by atoms with E-state index >= 15 is 0 Å². The number of methoxy groups -OCH3 is 1. The van der Waals surface area contributed by atoms with Crippen molar-refractivity contribution in [1.82, 2.24) is 9.55 Å². The zero-order chi connectivity index (χ0) is 26.5. The molecule has 1 aromatic heterocycles. The minimum Gasteiger partial charge on any atom is -0.496 e. The number of amides is 1. The minimum absolute atomic E-state index is 0.0638. The highest BCUT2D eigenvalue weighted by Crippen LogP contribution is 2.28. The predicted octanol–water partition coefficient (Wildman–Crippen LogP) is 5.86. The smallest absolute Gasteiger partial charge is 0.261 e. The number of para-hydroxylation sites is 1. The number of benzene rings is 4. The number of aryl methyl sites for hydroxylation is 2. The van der Waals surface area contributed by atoms with E-state index in [4.69, 9.17) is 9.72 Å². The van der Waals surface area contributed by atoms with Crippen molar-refractivity contribution in [2.45, 2.75) is 26.3 Å². The average molecular weight is 504 g/mol. The van der Waals surface area contributed by atoms with E-state index in [0.717, 1.165) is 46.5 Å². The number of aromatic nitrogens is 2. The first-order chi connectivity index (χ1) is 18.5. The second kappa shape index (κ2) is 11.1. The largest absolute Gasteiger partial charge is 0.496 e. The molecule has 4 aromatic carbocycles. The molecule has 0 unspecified atom stereocenters. The molecule has 0 saturated heterocycles. The molecule has 0 bridgehead atoms. The molecule has 0 spiro atoms. The van der Waals surface area contributed by atoms with Gasteiger partial charge in [0, 0.05) is 18.2 Å². The summed E-state index contributed by atoms with van der Waals surface area (Å²) in [6, 6.07) is 31.2. The maximum absolute atomic E-state index is 13.6. The molecule has 0 aliphatic carbocycles. The highest BCUT2D eigenvalue weighted by molar-refractivity contribution is 5.88. The predicted molar refractivity (Wildman–Crippen MR) is 152 cm³/mol. The maximum atomic E-state index is 13.6. The van der Waals surface area contributed by atoms with Crippen LogP contribution in [0.15, 0.2) is 102 Å². The molecule has 6 nitrogen and oxygen atoms in total. The van der Waals surface area contributed by atoms with Crippen molar-refractivity contribution in [3.8, 4) is 17.1 Å². The summed E-state index contributed by atoms with van der Waals surface area (Å²) in [6.07, 6.45) is 1.54. The van der Waals surface area contributed by atoms with Gasteiger partial charge in [-0.2, -0.15) is 0 Å². The van der Waals surface area contributed by atoms with E-state index in [-0.39, 0.29) is 11.5 Å². The number of carbonyl (C=O) groups is 1. The summed E-state index contributed by atoms with van der Waals surface area (Å²) in [4.78, 5) is 29.8. The van der Waals surface area contributed by atoms with E-state index in [1.807, 2.05) is 91.0 Å². The molecule has 190 valence electrons. The number of nitrogens with zero attached hydrogens (tertiary/aromatic N) is 2. The second-order valence-corrected chi connectivity index (χ2v) is 9.23. The lowest BCUT2D eigenvalue weighted by atomic mass is 10.0. The molecule has 0 atom stereocenters. The van der Waals surface area contributed by atoms with Gasteiger partial charge in [0.2, 0.25) is 5.91 Å². The molecule has 1 heterocycles. The lowest BCUT2D eigenvalue weighted by Gasteiger charge is -2.16. The van der Waals surface area contributed by atoms with Gasteiger partial charge in [-0.1, -0.05) is 54.6 Å². The standard InChI is InChI=1S/C32H29N3O3/c1-22(36)33-27-17-13-23(14-18-27)12-15-25-20-26(16-19-30(25)38-2)31-34-29-11-7-6-10-28(29)32(37)35(31)21-24-8-4-3-5-9-24/h3-11,13-14,16-20H,12,15,21H2,1-2H3,(H,33,36). The Labute approximate surface area is 221 Å². The van der Waals surface area contributed by atoms with Gasteiger partial charge in [0.1, 0.15) is 11.6 Å². The van der Waals surface area contributed by atoms with Gasteiger partial charge in [0.05, 0.1) is 24.6 Å². The van der Waals surface area contributed by atoms with E-state index < -0.39 is 0 Å². The first-order valence-electron chi connectivity index (χ1n) is 12.6. The van der Waals surface area contributed by atoms with Crippen LogP contribution in [0.4, 0.5) is 5.69 Å². The van der Waals surface area contributed by atoms with Gasteiger partial charge < -0.3 is 10.1 Å². The Morgan fingerprint density at radius 3 is 2.34 bits per heavy atom. The summed E-state index contributed by atoms with van der Waals surface area (Å²) in [5.41, 5.74) is 5.46. The Hall–Kier alpha value is -4.71. The Bertz CT molecular complexity index is 1640. The van der Waals surface area contributed by atoms with Crippen molar-refractivity contribution in [2.75, 3.05) is 12.4 Å². The van der Waals surface area contributed by atoms with Crippen LogP contribution in [0.5, 0.6) is 5.75 Å². The van der Waals surface area contributed by atoms with Gasteiger partial charge in [-0.25, -0.2) is 4.98 Å². The maximum Gasteiger partial charge on any atom is 0.261 e. The fourth-order valence-corrected chi connectivity index (χ4v) is 4.65. The third-order valence-corrected chi connectivity index (χ3v) is 6.54. The van der Waals surface area contributed by atoms with Crippen molar-refractivity contribution >= 4 is 22.5 Å². The lowest BCUT2D eigenvalue weighted by molar-refractivity contribution is -0.114. The van der Waals surface area contributed by atoms with E-state index in [1.165, 1.54) is 6.92 Å². The topological polar surface area (TPSA) is 73.2 Å². The van der Waals surface area contributed by atoms with Gasteiger partial charge in [-0.05, 0) is 72.0 Å². The Morgan fingerprint density at radius 1 is 0.868 bits per heavy atom. The molecule has 0 saturated carbocycles. The summed E-state index contributed by atoms with van der Waals surface area (Å²) in [7, 11) is 1.67. The van der Waals surface area contributed by atoms with Crippen molar-refractivity contribution in [2.24, 2.45) is 0 Å². The number of hydrogen-bond acceptors (Lipinski definition) is 4. The second-order valence-electron chi connectivity index (χ2n) is 9.23. The molecule has 1 amide bonds. The van der Waals surface area contributed by atoms with Crippen LogP contribution >= 0.6 is 0 Å². The molecule has 0 aliphatic heterocycles. The fraction of sp³-hybridized carbons (Fsp3) is 0.156. The summed E-state index contributed by atoms with van der Waals surface area (Å²) in [5.74, 6) is 1.33. The van der Waals surface area contributed by atoms with Crippen molar-refractivity contribution in [3.63, 3.8) is 0 Å². The van der Waals surface area contributed by atoms with Crippen molar-refractivity contribution in [3.05, 3.63) is 124 Å². The van der Waals surface area contributed by atoms with E-state index in [0.29, 0.717) is 23.3 Å². The van der Waals surface area contributed by atoms with Crippen LogP contribution in [-0.2, 0) is 24.2 Å². The van der Waals surface area contributed by atoms with Crippen LogP contribution < -0.4 is 15.6 Å². The van der Waals surface area contributed by atoms with Gasteiger partial charge in [-0.3, -0.25) is 14.2 Å². The van der Waals surface area contributed by atoms with E-state index in [9.17, 15) is 9.59 Å². The monoisotopic (exact) mass is 503 g/mol. The molecule has 0 radical (unpaired) electrons. The molecule has 5 rings (SSSR count). The normalized spacial score (nSPS) is 10.9. The lowest BCUT2D eigenvalue weighted by Crippen LogP contribution is -2.24. The number of hydrogen-bond donors (Lipinski definition) is 1. The van der Waals surface area contributed by atoms with Crippen LogP contribution in [0.2, 0.25) is 0 Å². The van der Waals surface area contributed by atoms with Gasteiger partial charge in [-0.15, -0.1) is 0 Å². The highest BCUT2D eigenvalue weighted by Gasteiger charge is 2.15. The highest BCUT2D eigenvalue weighted by atomic mass is 16.5. The summed E-state index contributed by atoms with van der Waals surface area (Å²) >= 11 is 0. The summed E-state index contributed by atoms with van der Waals surface area (Å²) in [6.45, 7) is 1.92. The third kappa shape index (κ3) is 5.49. The molecule has 6 heteroatoms. The summed E-state index contributed by atoms with van der Waals surface area (Å²) < 4.78 is 7.42. The molecule has 5 aromatic rings. The van der Waals surface area contributed by atoms with Crippen LogP contribution in [0, 0.1) is 0 Å². The first kappa shape index (κ1) is 25.0. The first-order valence-corrected chi connectivity index (χ1v) is 12.6. The van der Waals surface area contributed by atoms with Gasteiger partial charge in [0.15, 0.2) is 0 Å². The number of carbonyl (C=O) groups excluding carboxylic acids is 1.